The molecule has 1 atom stereocenters. The first-order valence-corrected chi connectivity index (χ1v) is 12.5. The molecular weight excluding hydrogens is 514 g/mol. The highest BCUT2D eigenvalue weighted by atomic mass is 79.9. The van der Waals surface area contributed by atoms with Crippen molar-refractivity contribution in [3.8, 4) is 11.1 Å². The molecule has 0 fully saturated rings. The number of nitrogens with zero attached hydrogens (tertiary/aromatic N) is 1. The number of nitrogens with two attached hydrogens (primary N) is 1. The minimum Gasteiger partial charge on any atom is -0.345 e. The summed E-state index contributed by atoms with van der Waals surface area (Å²) in [5, 5.41) is 5.81. The van der Waals surface area contributed by atoms with Gasteiger partial charge in [0, 0.05) is 44.0 Å². The van der Waals surface area contributed by atoms with Crippen LogP contribution in [0.15, 0.2) is 65.4 Å². The van der Waals surface area contributed by atoms with Gasteiger partial charge < -0.3 is 4.98 Å². The topological polar surface area (TPSA) is 106 Å². The Hall–Kier alpha value is -2.52. The van der Waals surface area contributed by atoms with Crippen molar-refractivity contribution < 1.29 is 13.2 Å². The number of halogens is 2. The van der Waals surface area contributed by atoms with Crippen LogP contribution in [-0.4, -0.2) is 24.2 Å². The summed E-state index contributed by atoms with van der Waals surface area (Å²) in [6.07, 6.45) is 3.64. The summed E-state index contributed by atoms with van der Waals surface area (Å²) in [7, 11) is -3.81. The number of sulfonamides is 1. The molecule has 0 amide bonds. The van der Waals surface area contributed by atoms with E-state index in [1.807, 2.05) is 18.2 Å². The fourth-order valence-electron chi connectivity index (χ4n) is 3.73. The lowest BCUT2D eigenvalue weighted by Gasteiger charge is -2.14. The molecule has 2 aromatic heterocycles. The molecule has 1 unspecified atom stereocenters. The first-order valence-electron chi connectivity index (χ1n) is 9.77. The monoisotopic (exact) mass is 531 g/mol. The van der Waals surface area contributed by atoms with Crippen molar-refractivity contribution >= 4 is 54.4 Å². The van der Waals surface area contributed by atoms with Gasteiger partial charge in [0.1, 0.15) is 5.65 Å². The van der Waals surface area contributed by atoms with Gasteiger partial charge in [0.25, 0.3) is 0 Å². The van der Waals surface area contributed by atoms with Crippen molar-refractivity contribution in [3.05, 3.63) is 87.1 Å². The quantitative estimate of drug-likeness (QED) is 0.315. The molecule has 2 heterocycles. The molecule has 0 bridgehead atoms. The van der Waals surface area contributed by atoms with E-state index >= 15 is 0 Å². The van der Waals surface area contributed by atoms with Crippen molar-refractivity contribution in [2.24, 2.45) is 5.14 Å². The molecule has 0 spiro atoms. The zero-order valence-electron chi connectivity index (χ0n) is 17.0. The Bertz CT molecular complexity index is 1430. The summed E-state index contributed by atoms with van der Waals surface area (Å²) < 4.78 is 24.6. The number of carbonyl (C=O) groups excluding carboxylic acids is 1. The number of hydrogen-bond donors (Lipinski definition) is 2. The number of carbonyl (C=O) groups is 1. The predicted molar refractivity (Wildman–Crippen MR) is 130 cm³/mol. The zero-order valence-corrected chi connectivity index (χ0v) is 20.1. The van der Waals surface area contributed by atoms with Gasteiger partial charge in [0.15, 0.2) is 5.78 Å². The summed E-state index contributed by atoms with van der Waals surface area (Å²) in [5.74, 6) is -0.252. The number of pyridine rings is 1. The van der Waals surface area contributed by atoms with Crippen LogP contribution in [0, 0.1) is 0 Å². The van der Waals surface area contributed by atoms with Crippen LogP contribution < -0.4 is 5.14 Å². The Labute approximate surface area is 199 Å². The van der Waals surface area contributed by atoms with Gasteiger partial charge in [-0.1, -0.05) is 46.6 Å². The number of benzene rings is 2. The normalized spacial score (nSPS) is 12.8. The Kier molecular flexibility index (Phi) is 6.22. The zero-order chi connectivity index (χ0) is 23.0. The van der Waals surface area contributed by atoms with E-state index in [9.17, 15) is 13.2 Å². The molecule has 4 rings (SSSR count). The maximum absolute atomic E-state index is 13.4. The fourth-order valence-corrected chi connectivity index (χ4v) is 5.35. The summed E-state index contributed by atoms with van der Waals surface area (Å²) in [6.45, 7) is 1.74. The van der Waals surface area contributed by atoms with E-state index in [0.29, 0.717) is 43.6 Å². The number of H-pyrrole nitrogens is 1. The number of ketones is 1. The molecule has 0 aliphatic rings. The van der Waals surface area contributed by atoms with Crippen molar-refractivity contribution in [3.63, 3.8) is 0 Å². The highest BCUT2D eigenvalue weighted by molar-refractivity contribution is 9.10. The maximum Gasteiger partial charge on any atom is 0.216 e. The number of fused-ring (bicyclic) bond motifs is 1. The third-order valence-electron chi connectivity index (χ3n) is 5.27. The van der Waals surface area contributed by atoms with Gasteiger partial charge in [-0.15, -0.1) is 0 Å². The highest BCUT2D eigenvalue weighted by Crippen LogP contribution is 2.31. The molecule has 0 aliphatic heterocycles. The first-order chi connectivity index (χ1) is 15.2. The number of primary sulfonamides is 1. The lowest BCUT2D eigenvalue weighted by Crippen LogP contribution is -2.21. The Morgan fingerprint density at radius 1 is 1.16 bits per heavy atom. The fraction of sp³-hybridized carbons (Fsp3) is 0.130. The number of aromatic amines is 1. The number of rotatable bonds is 6. The third-order valence-corrected chi connectivity index (χ3v) is 7.38. The molecule has 9 heteroatoms. The van der Waals surface area contributed by atoms with E-state index in [1.54, 1.807) is 49.6 Å². The van der Waals surface area contributed by atoms with Crippen LogP contribution in [0.1, 0.15) is 40.1 Å². The van der Waals surface area contributed by atoms with Crippen LogP contribution in [0.2, 0.25) is 5.02 Å². The van der Waals surface area contributed by atoms with Crippen LogP contribution in [0.25, 0.3) is 22.2 Å². The summed E-state index contributed by atoms with van der Waals surface area (Å²) in [6, 6.07) is 14.2. The minimum atomic E-state index is -3.81. The standard InChI is InChI=1S/C23H19BrClN3O3S/c1-2-21(32(26,30)31)14-7-15(9-17(24)8-14)22(29)20-12-28-23-19(20)10-16(11-27-23)13-3-5-18(25)6-4-13/h3-12,21H,2H2,1H3,(H,27,28)(H2,26,30,31). The number of nitrogens with one attached hydrogen (secondary N) is 1. The van der Waals surface area contributed by atoms with E-state index in [0.717, 1.165) is 11.1 Å². The first kappa shape index (κ1) is 22.7. The van der Waals surface area contributed by atoms with E-state index in [-0.39, 0.29) is 5.78 Å². The lowest BCUT2D eigenvalue weighted by atomic mass is 9.98. The van der Waals surface area contributed by atoms with Gasteiger partial charge in [-0.25, -0.2) is 18.5 Å². The largest absolute Gasteiger partial charge is 0.345 e. The lowest BCUT2D eigenvalue weighted by molar-refractivity contribution is 0.104. The van der Waals surface area contributed by atoms with Gasteiger partial charge in [-0.2, -0.15) is 0 Å². The summed E-state index contributed by atoms with van der Waals surface area (Å²) >= 11 is 9.37. The van der Waals surface area contributed by atoms with Crippen LogP contribution in [-0.2, 0) is 10.0 Å². The van der Waals surface area contributed by atoms with Gasteiger partial charge in [-0.3, -0.25) is 4.79 Å². The summed E-state index contributed by atoms with van der Waals surface area (Å²) in [4.78, 5) is 20.9. The molecule has 3 N–H and O–H groups in total. The number of hydrogen-bond acceptors (Lipinski definition) is 4. The second-order valence-corrected chi connectivity index (χ2v) is 10.5. The smallest absolute Gasteiger partial charge is 0.216 e. The van der Waals surface area contributed by atoms with Crippen LogP contribution in [0.5, 0.6) is 0 Å². The average molecular weight is 533 g/mol. The van der Waals surface area contributed by atoms with E-state index in [4.69, 9.17) is 16.7 Å². The Morgan fingerprint density at radius 2 is 1.88 bits per heavy atom. The van der Waals surface area contributed by atoms with Crippen molar-refractivity contribution in [2.75, 3.05) is 0 Å². The van der Waals surface area contributed by atoms with E-state index < -0.39 is 15.3 Å². The molecule has 2 aromatic carbocycles. The SMILES string of the molecule is CCC(c1cc(Br)cc(C(=O)c2c[nH]c3ncc(-c4ccc(Cl)cc4)cc23)c1)S(N)(=O)=O. The van der Waals surface area contributed by atoms with E-state index in [1.165, 1.54) is 0 Å². The maximum atomic E-state index is 13.4. The Morgan fingerprint density at radius 3 is 2.53 bits per heavy atom. The van der Waals surface area contributed by atoms with Gasteiger partial charge in [-0.05, 0) is 53.9 Å². The molecule has 32 heavy (non-hydrogen) atoms. The molecule has 0 saturated heterocycles. The Balaban J connectivity index is 1.79. The second kappa shape index (κ2) is 8.78. The average Bonchev–Trinajstić information content (AvgIpc) is 3.16. The minimum absolute atomic E-state index is 0.252. The van der Waals surface area contributed by atoms with Gasteiger partial charge >= 0.3 is 0 Å². The van der Waals surface area contributed by atoms with Crippen LogP contribution >= 0.6 is 27.5 Å². The second-order valence-electron chi connectivity index (χ2n) is 7.42. The summed E-state index contributed by atoms with van der Waals surface area (Å²) in [5.41, 5.74) is 3.61. The molecule has 4 aromatic rings. The van der Waals surface area contributed by atoms with Crippen molar-refractivity contribution in [1.29, 1.82) is 0 Å². The van der Waals surface area contributed by atoms with Crippen molar-refractivity contribution in [2.45, 2.75) is 18.6 Å². The molecule has 6 nitrogen and oxygen atoms in total. The predicted octanol–water partition coefficient (Wildman–Crippen LogP) is 5.62. The molecule has 0 aliphatic carbocycles. The van der Waals surface area contributed by atoms with Gasteiger partial charge in [0.2, 0.25) is 10.0 Å². The van der Waals surface area contributed by atoms with E-state index in [2.05, 4.69) is 25.9 Å². The number of aromatic nitrogens is 2. The molecule has 0 saturated carbocycles. The van der Waals surface area contributed by atoms with Crippen molar-refractivity contribution in [1.82, 2.24) is 9.97 Å². The molecule has 164 valence electrons. The third kappa shape index (κ3) is 4.49. The van der Waals surface area contributed by atoms with Crippen LogP contribution in [0.3, 0.4) is 0 Å². The molecular formula is C23H19BrClN3O3S. The highest BCUT2D eigenvalue weighted by Gasteiger charge is 2.24. The molecule has 0 radical (unpaired) electrons. The van der Waals surface area contributed by atoms with Gasteiger partial charge in [0.05, 0.1) is 5.25 Å². The van der Waals surface area contributed by atoms with Crippen LogP contribution in [0.4, 0.5) is 0 Å².